The first-order valence-electron chi connectivity index (χ1n) is 10.5. The van der Waals surface area contributed by atoms with Crippen LogP contribution in [0.1, 0.15) is 36.0 Å². The summed E-state index contributed by atoms with van der Waals surface area (Å²) in [5.74, 6) is 0.0289. The van der Waals surface area contributed by atoms with Crippen molar-refractivity contribution < 1.29 is 14.3 Å². The van der Waals surface area contributed by atoms with Crippen LogP contribution in [0.25, 0.3) is 11.0 Å². The van der Waals surface area contributed by atoms with Gasteiger partial charge in [-0.15, -0.1) is 0 Å². The number of amides is 2. The Kier molecular flexibility index (Phi) is 4.77. The van der Waals surface area contributed by atoms with Crippen molar-refractivity contribution in [3.63, 3.8) is 0 Å². The number of allylic oxidation sites excluding steroid dienone is 2. The van der Waals surface area contributed by atoms with Crippen LogP contribution in [0.3, 0.4) is 0 Å². The molecule has 0 bridgehead atoms. The lowest BCUT2D eigenvalue weighted by Gasteiger charge is -2.53. The van der Waals surface area contributed by atoms with Crippen molar-refractivity contribution in [2.75, 3.05) is 32.8 Å². The van der Waals surface area contributed by atoms with E-state index in [9.17, 15) is 9.59 Å². The quantitative estimate of drug-likeness (QED) is 0.845. The molecule has 3 aliphatic rings. The summed E-state index contributed by atoms with van der Waals surface area (Å²) >= 11 is 0. The van der Waals surface area contributed by atoms with Crippen LogP contribution in [0.15, 0.2) is 42.0 Å². The Morgan fingerprint density at radius 1 is 1.07 bits per heavy atom. The molecule has 2 saturated heterocycles. The normalized spacial score (nSPS) is 20.2. The number of nitrogens with one attached hydrogen (secondary N) is 1. The Hall–Kier alpha value is -3.16. The number of carbonyl (C=O) groups excluding carboxylic acids is 2. The van der Waals surface area contributed by atoms with Crippen molar-refractivity contribution in [3.8, 4) is 0 Å². The second-order valence-electron chi connectivity index (χ2n) is 8.49. The van der Waals surface area contributed by atoms with Crippen LogP contribution in [-0.2, 0) is 4.74 Å². The third-order valence-corrected chi connectivity index (χ3v) is 6.42. The first kappa shape index (κ1) is 18.8. The second-order valence-corrected chi connectivity index (χ2v) is 8.49. The molecule has 30 heavy (non-hydrogen) atoms. The van der Waals surface area contributed by atoms with Gasteiger partial charge in [-0.1, -0.05) is 18.2 Å². The molecule has 1 aromatic heterocycles. The van der Waals surface area contributed by atoms with E-state index in [4.69, 9.17) is 4.74 Å². The van der Waals surface area contributed by atoms with Gasteiger partial charge in [0.2, 0.25) is 0 Å². The molecule has 2 aliphatic heterocycles. The molecule has 8 nitrogen and oxygen atoms in total. The predicted molar refractivity (Wildman–Crippen MR) is 111 cm³/mol. The lowest BCUT2D eigenvalue weighted by molar-refractivity contribution is -0.0310. The van der Waals surface area contributed by atoms with Gasteiger partial charge in [0.15, 0.2) is 0 Å². The van der Waals surface area contributed by atoms with Crippen LogP contribution in [0, 0.1) is 5.41 Å². The van der Waals surface area contributed by atoms with E-state index in [1.807, 2.05) is 17.0 Å². The Bertz CT molecular complexity index is 1020. The van der Waals surface area contributed by atoms with E-state index in [0.717, 1.165) is 49.9 Å². The fourth-order valence-electron chi connectivity index (χ4n) is 4.55. The molecule has 3 heterocycles. The van der Waals surface area contributed by atoms with Gasteiger partial charge in [0.25, 0.3) is 5.91 Å². The molecule has 0 unspecified atom stereocenters. The number of H-pyrrole nitrogens is 1. The summed E-state index contributed by atoms with van der Waals surface area (Å²) in [6, 6.07) is 5.39. The average molecular weight is 407 g/mol. The number of aromatic amines is 1. The van der Waals surface area contributed by atoms with Crippen LogP contribution in [-0.4, -0.2) is 70.0 Å². The van der Waals surface area contributed by atoms with Crippen LogP contribution in [0.4, 0.5) is 4.79 Å². The molecular formula is C22H25N5O3. The van der Waals surface area contributed by atoms with Crippen LogP contribution >= 0.6 is 0 Å². The van der Waals surface area contributed by atoms with Crippen LogP contribution in [0.2, 0.25) is 0 Å². The number of piperidine rings is 1. The number of ether oxygens (including phenoxy) is 1. The van der Waals surface area contributed by atoms with Gasteiger partial charge in [-0.05, 0) is 49.5 Å². The van der Waals surface area contributed by atoms with Gasteiger partial charge in [-0.25, -0.2) is 4.79 Å². The molecule has 2 aromatic rings. The summed E-state index contributed by atoms with van der Waals surface area (Å²) in [6.07, 6.45) is 9.89. The van der Waals surface area contributed by atoms with E-state index >= 15 is 0 Å². The summed E-state index contributed by atoms with van der Waals surface area (Å²) in [6.45, 7) is 3.18. The van der Waals surface area contributed by atoms with Crippen molar-refractivity contribution in [1.29, 1.82) is 0 Å². The second kappa shape index (κ2) is 7.59. The largest absolute Gasteiger partial charge is 0.445 e. The zero-order valence-electron chi connectivity index (χ0n) is 16.8. The highest BCUT2D eigenvalue weighted by molar-refractivity contribution is 5.97. The van der Waals surface area contributed by atoms with Gasteiger partial charge in [0.1, 0.15) is 17.6 Å². The highest BCUT2D eigenvalue weighted by atomic mass is 16.6. The number of carbonyl (C=O) groups is 2. The van der Waals surface area contributed by atoms with E-state index in [-0.39, 0.29) is 17.4 Å². The third-order valence-electron chi connectivity index (χ3n) is 6.42. The average Bonchev–Trinajstić information content (AvgIpc) is 3.24. The Morgan fingerprint density at radius 3 is 2.63 bits per heavy atom. The van der Waals surface area contributed by atoms with E-state index in [1.54, 1.807) is 17.0 Å². The van der Waals surface area contributed by atoms with Crippen LogP contribution < -0.4 is 0 Å². The maximum absolute atomic E-state index is 12.8. The van der Waals surface area contributed by atoms with Crippen molar-refractivity contribution in [2.24, 2.45) is 5.41 Å². The summed E-state index contributed by atoms with van der Waals surface area (Å²) in [7, 11) is 0. The fourth-order valence-corrected chi connectivity index (χ4v) is 4.55. The molecular weight excluding hydrogens is 382 g/mol. The number of benzene rings is 1. The summed E-state index contributed by atoms with van der Waals surface area (Å²) in [4.78, 5) is 28.9. The molecule has 1 aromatic carbocycles. The van der Waals surface area contributed by atoms with Gasteiger partial charge >= 0.3 is 6.09 Å². The molecule has 0 radical (unpaired) electrons. The zero-order chi connectivity index (χ0) is 20.6. The van der Waals surface area contributed by atoms with Crippen molar-refractivity contribution >= 4 is 23.0 Å². The first-order chi connectivity index (χ1) is 14.6. The molecule has 5 rings (SSSR count). The molecule has 2 fully saturated rings. The minimum Gasteiger partial charge on any atom is -0.445 e. The van der Waals surface area contributed by atoms with E-state index in [2.05, 4.69) is 27.6 Å². The van der Waals surface area contributed by atoms with Gasteiger partial charge in [0, 0.05) is 37.2 Å². The van der Waals surface area contributed by atoms with Gasteiger partial charge in [0.05, 0.1) is 0 Å². The lowest BCUT2D eigenvalue weighted by Crippen LogP contribution is -2.62. The summed E-state index contributed by atoms with van der Waals surface area (Å²) in [5.41, 5.74) is 3.28. The molecule has 1 aliphatic carbocycles. The molecule has 0 saturated carbocycles. The fraction of sp³-hybridized carbons (Fsp3) is 0.455. The SMILES string of the molecule is O=C(OCC1=CCCC=C1)N1CCC2(CC1)CN(C(=O)c1ccc3n[nH]nc3c1)C2. The maximum Gasteiger partial charge on any atom is 0.410 e. The molecule has 1 N–H and O–H groups in total. The third kappa shape index (κ3) is 3.58. The Morgan fingerprint density at radius 2 is 1.87 bits per heavy atom. The summed E-state index contributed by atoms with van der Waals surface area (Å²) in [5, 5.41) is 10.6. The van der Waals surface area contributed by atoms with Crippen molar-refractivity contribution in [2.45, 2.75) is 25.7 Å². The molecule has 8 heteroatoms. The highest BCUT2D eigenvalue weighted by Crippen LogP contribution is 2.41. The van der Waals surface area contributed by atoms with Gasteiger partial charge < -0.3 is 14.5 Å². The van der Waals surface area contributed by atoms with E-state index in [1.165, 1.54) is 0 Å². The minimum absolute atomic E-state index is 0.0289. The lowest BCUT2D eigenvalue weighted by atomic mass is 9.72. The van der Waals surface area contributed by atoms with Crippen LogP contribution in [0.5, 0.6) is 0 Å². The monoisotopic (exact) mass is 407 g/mol. The number of likely N-dealkylation sites (tertiary alicyclic amines) is 2. The van der Waals surface area contributed by atoms with Gasteiger partial charge in [-0.2, -0.15) is 15.4 Å². The van der Waals surface area contributed by atoms with Gasteiger partial charge in [-0.3, -0.25) is 4.79 Å². The number of aromatic nitrogens is 3. The summed E-state index contributed by atoms with van der Waals surface area (Å²) < 4.78 is 5.48. The number of nitrogens with zero attached hydrogens (tertiary/aromatic N) is 4. The number of hydrogen-bond donors (Lipinski definition) is 1. The topological polar surface area (TPSA) is 91.4 Å². The minimum atomic E-state index is -0.238. The number of rotatable bonds is 3. The maximum atomic E-state index is 12.8. The van der Waals surface area contributed by atoms with E-state index < -0.39 is 0 Å². The highest BCUT2D eigenvalue weighted by Gasteiger charge is 2.47. The molecule has 0 atom stereocenters. The van der Waals surface area contributed by atoms with Crippen molar-refractivity contribution in [3.05, 3.63) is 47.6 Å². The Balaban J connectivity index is 1.11. The Labute approximate surface area is 174 Å². The predicted octanol–water partition coefficient (Wildman–Crippen LogP) is 2.91. The molecule has 156 valence electrons. The molecule has 1 spiro atoms. The smallest absolute Gasteiger partial charge is 0.410 e. The van der Waals surface area contributed by atoms with Crippen molar-refractivity contribution in [1.82, 2.24) is 25.2 Å². The van der Waals surface area contributed by atoms with E-state index in [0.29, 0.717) is 30.8 Å². The first-order valence-corrected chi connectivity index (χ1v) is 10.5. The zero-order valence-corrected chi connectivity index (χ0v) is 16.8. The number of fused-ring (bicyclic) bond motifs is 1. The standard InChI is InChI=1S/C22H25N5O3/c28-20(17-6-7-18-19(12-17)24-25-23-18)27-14-22(15-27)8-10-26(11-9-22)21(29)30-13-16-4-2-1-3-5-16/h2,4-7,12H,1,3,8-11,13-15H2,(H,23,24,25). The molecule has 2 amide bonds. The number of hydrogen-bond acceptors (Lipinski definition) is 5.